The molecule has 0 aliphatic carbocycles. The molecule has 3 N–H and O–H groups in total. The van der Waals surface area contributed by atoms with Crippen molar-refractivity contribution in [1.29, 1.82) is 0 Å². The number of aromatic nitrogens is 1. The molecule has 0 atom stereocenters. The molecule has 0 saturated carbocycles. The van der Waals surface area contributed by atoms with Gasteiger partial charge < -0.3 is 16.0 Å². The van der Waals surface area contributed by atoms with E-state index in [0.717, 1.165) is 21.9 Å². The van der Waals surface area contributed by atoms with E-state index in [-0.39, 0.29) is 37.2 Å². The summed E-state index contributed by atoms with van der Waals surface area (Å²) >= 11 is 0. The number of hydrogen-bond donors (Lipinski definition) is 3. The first-order chi connectivity index (χ1) is 16.6. The molecule has 0 fully saturated rings. The van der Waals surface area contributed by atoms with Crippen LogP contribution in [0, 0.1) is 0 Å². The van der Waals surface area contributed by atoms with Gasteiger partial charge in [0.2, 0.25) is 11.8 Å². The molecule has 0 spiro atoms. The van der Waals surface area contributed by atoms with Crippen LogP contribution in [-0.4, -0.2) is 29.3 Å². The van der Waals surface area contributed by atoms with E-state index in [9.17, 15) is 14.4 Å². The Kier molecular flexibility index (Phi) is 7.25. The number of nitrogens with zero attached hydrogens (tertiary/aromatic N) is 1. The maximum Gasteiger partial charge on any atom is 0.255 e. The van der Waals surface area contributed by atoms with Crippen molar-refractivity contribution in [2.24, 2.45) is 0 Å². The highest BCUT2D eigenvalue weighted by molar-refractivity contribution is 6.04. The highest BCUT2D eigenvalue weighted by Crippen LogP contribution is 2.18. The second-order valence-electron chi connectivity index (χ2n) is 7.76. The number of nitrogens with one attached hydrogen (secondary N) is 3. The number of carbonyl (C=O) groups is 3. The van der Waals surface area contributed by atoms with Gasteiger partial charge in [-0.15, -0.1) is 0 Å². The number of amides is 3. The van der Waals surface area contributed by atoms with Crippen LogP contribution in [0.25, 0.3) is 10.8 Å². The summed E-state index contributed by atoms with van der Waals surface area (Å²) in [7, 11) is 0. The average molecular weight is 453 g/mol. The van der Waals surface area contributed by atoms with E-state index >= 15 is 0 Å². The molecule has 4 aromatic rings. The standard InChI is InChI=1S/C27H24N4O3/c32-25(16-22-8-4-7-20-6-1-2-10-24(20)22)30-18-26(33)29-17-19-5-3-9-23(15-19)31-27(34)21-11-13-28-14-12-21/h1-15H,16-18H2,(H,29,33)(H,30,32)(H,31,34). The smallest absolute Gasteiger partial charge is 0.255 e. The van der Waals surface area contributed by atoms with Gasteiger partial charge in [0.05, 0.1) is 13.0 Å². The molecule has 1 heterocycles. The summed E-state index contributed by atoms with van der Waals surface area (Å²) < 4.78 is 0. The van der Waals surface area contributed by atoms with Gasteiger partial charge in [-0.3, -0.25) is 19.4 Å². The maximum atomic E-state index is 12.4. The van der Waals surface area contributed by atoms with Crippen molar-refractivity contribution in [3.05, 3.63) is 108 Å². The lowest BCUT2D eigenvalue weighted by atomic mass is 10.0. The van der Waals surface area contributed by atoms with Gasteiger partial charge in [-0.2, -0.15) is 0 Å². The van der Waals surface area contributed by atoms with Crippen LogP contribution in [0.1, 0.15) is 21.5 Å². The average Bonchev–Trinajstić information content (AvgIpc) is 2.87. The van der Waals surface area contributed by atoms with Gasteiger partial charge in [0.25, 0.3) is 5.91 Å². The van der Waals surface area contributed by atoms with E-state index < -0.39 is 0 Å². The molecule has 0 aliphatic rings. The maximum absolute atomic E-state index is 12.4. The van der Waals surface area contributed by atoms with Crippen molar-refractivity contribution in [2.75, 3.05) is 11.9 Å². The van der Waals surface area contributed by atoms with Crippen molar-refractivity contribution in [3.8, 4) is 0 Å². The molecule has 0 unspecified atom stereocenters. The molecular weight excluding hydrogens is 428 g/mol. The van der Waals surface area contributed by atoms with E-state index in [4.69, 9.17) is 0 Å². The number of carbonyl (C=O) groups excluding carboxylic acids is 3. The van der Waals surface area contributed by atoms with Crippen LogP contribution < -0.4 is 16.0 Å². The molecule has 7 heteroatoms. The summed E-state index contributed by atoms with van der Waals surface area (Å²) in [6.07, 6.45) is 3.32. The van der Waals surface area contributed by atoms with Crippen LogP contribution in [0.2, 0.25) is 0 Å². The van der Waals surface area contributed by atoms with Gasteiger partial charge >= 0.3 is 0 Å². The minimum Gasteiger partial charge on any atom is -0.350 e. The fraction of sp³-hybridized carbons (Fsp3) is 0.111. The predicted molar refractivity (Wildman–Crippen MR) is 131 cm³/mol. The number of rotatable bonds is 8. The van der Waals surface area contributed by atoms with Gasteiger partial charge in [0.1, 0.15) is 0 Å². The lowest BCUT2D eigenvalue weighted by Crippen LogP contribution is -2.37. The molecule has 170 valence electrons. The summed E-state index contributed by atoms with van der Waals surface area (Å²) in [6.45, 7) is 0.166. The molecule has 3 aromatic carbocycles. The van der Waals surface area contributed by atoms with E-state index in [1.807, 2.05) is 48.5 Å². The normalized spacial score (nSPS) is 10.5. The Morgan fingerprint density at radius 1 is 0.765 bits per heavy atom. The minimum absolute atomic E-state index is 0.109. The summed E-state index contributed by atoms with van der Waals surface area (Å²) in [4.78, 5) is 40.8. The quantitative estimate of drug-likeness (QED) is 0.381. The Morgan fingerprint density at radius 2 is 1.53 bits per heavy atom. The van der Waals surface area contributed by atoms with Crippen LogP contribution in [0.3, 0.4) is 0 Å². The Hall–Kier alpha value is -4.52. The van der Waals surface area contributed by atoms with Crippen LogP contribution >= 0.6 is 0 Å². The van der Waals surface area contributed by atoms with E-state index in [1.54, 1.807) is 42.7 Å². The fourth-order valence-corrected chi connectivity index (χ4v) is 3.59. The minimum atomic E-state index is -0.294. The first kappa shape index (κ1) is 22.7. The SMILES string of the molecule is O=C(CNC(=O)Cc1cccc2ccccc12)NCc1cccc(NC(=O)c2ccncc2)c1. The van der Waals surface area contributed by atoms with Crippen molar-refractivity contribution in [1.82, 2.24) is 15.6 Å². The predicted octanol–water partition coefficient (Wildman–Crippen LogP) is 3.46. The lowest BCUT2D eigenvalue weighted by molar-refractivity contribution is -0.125. The van der Waals surface area contributed by atoms with Crippen molar-refractivity contribution in [2.45, 2.75) is 13.0 Å². The number of benzene rings is 3. The van der Waals surface area contributed by atoms with Crippen molar-refractivity contribution in [3.63, 3.8) is 0 Å². The first-order valence-electron chi connectivity index (χ1n) is 10.9. The highest BCUT2D eigenvalue weighted by atomic mass is 16.2. The molecule has 0 saturated heterocycles. The molecule has 0 aliphatic heterocycles. The monoisotopic (exact) mass is 452 g/mol. The molecule has 0 radical (unpaired) electrons. The molecule has 0 bridgehead atoms. The van der Waals surface area contributed by atoms with Crippen LogP contribution in [0.5, 0.6) is 0 Å². The third-order valence-corrected chi connectivity index (χ3v) is 5.29. The second-order valence-corrected chi connectivity index (χ2v) is 7.76. The van der Waals surface area contributed by atoms with Crippen molar-refractivity contribution < 1.29 is 14.4 Å². The zero-order chi connectivity index (χ0) is 23.8. The number of fused-ring (bicyclic) bond motifs is 1. The largest absolute Gasteiger partial charge is 0.350 e. The summed E-state index contributed by atoms with van der Waals surface area (Å²) in [6, 6.07) is 24.2. The van der Waals surface area contributed by atoms with Gasteiger partial charge in [0.15, 0.2) is 0 Å². The second kappa shape index (κ2) is 10.9. The Morgan fingerprint density at radius 3 is 2.38 bits per heavy atom. The van der Waals surface area contributed by atoms with E-state index in [2.05, 4.69) is 20.9 Å². The molecule has 34 heavy (non-hydrogen) atoms. The van der Waals surface area contributed by atoms with Gasteiger partial charge in [-0.05, 0) is 46.2 Å². The Labute approximate surface area is 197 Å². The summed E-state index contributed by atoms with van der Waals surface area (Å²) in [5.74, 6) is -0.748. The van der Waals surface area contributed by atoms with Gasteiger partial charge in [0, 0.05) is 30.2 Å². The highest BCUT2D eigenvalue weighted by Gasteiger charge is 2.10. The number of anilines is 1. The van der Waals surface area contributed by atoms with Crippen LogP contribution in [0.15, 0.2) is 91.3 Å². The molecule has 4 rings (SSSR count). The van der Waals surface area contributed by atoms with E-state index in [0.29, 0.717) is 11.3 Å². The first-order valence-corrected chi connectivity index (χ1v) is 10.9. The number of pyridine rings is 1. The van der Waals surface area contributed by atoms with Crippen LogP contribution in [-0.2, 0) is 22.6 Å². The molecule has 7 nitrogen and oxygen atoms in total. The number of hydrogen-bond acceptors (Lipinski definition) is 4. The summed E-state index contributed by atoms with van der Waals surface area (Å²) in [5.41, 5.74) is 2.87. The topological polar surface area (TPSA) is 100 Å². The Balaban J connectivity index is 1.25. The van der Waals surface area contributed by atoms with E-state index in [1.165, 1.54) is 0 Å². The third kappa shape index (κ3) is 6.04. The molecular formula is C27H24N4O3. The van der Waals surface area contributed by atoms with Crippen LogP contribution in [0.4, 0.5) is 5.69 Å². The summed E-state index contributed by atoms with van der Waals surface area (Å²) in [5, 5.41) is 10.4. The molecule has 1 aromatic heterocycles. The molecule has 3 amide bonds. The zero-order valence-electron chi connectivity index (χ0n) is 18.5. The van der Waals surface area contributed by atoms with Gasteiger partial charge in [-0.25, -0.2) is 0 Å². The van der Waals surface area contributed by atoms with Gasteiger partial charge in [-0.1, -0.05) is 54.6 Å². The lowest BCUT2D eigenvalue weighted by Gasteiger charge is -2.10. The Bertz CT molecular complexity index is 1320. The van der Waals surface area contributed by atoms with Crippen molar-refractivity contribution >= 4 is 34.2 Å². The fourth-order valence-electron chi connectivity index (χ4n) is 3.59. The third-order valence-electron chi connectivity index (χ3n) is 5.29. The zero-order valence-corrected chi connectivity index (χ0v) is 18.5.